The van der Waals surface area contributed by atoms with E-state index in [1.165, 1.54) is 6.33 Å². The summed E-state index contributed by atoms with van der Waals surface area (Å²) < 4.78 is 7.29. The van der Waals surface area contributed by atoms with E-state index >= 15 is 0 Å². The number of nitrogens with zero attached hydrogens (tertiary/aromatic N) is 6. The molecule has 2 fully saturated rings. The number of rotatable bonds is 5. The number of hydrogen-bond donors (Lipinski definition) is 2. The van der Waals surface area contributed by atoms with Crippen LogP contribution in [-0.4, -0.2) is 75.0 Å². The van der Waals surface area contributed by atoms with Gasteiger partial charge in [-0.1, -0.05) is 23.7 Å². The maximum absolute atomic E-state index is 12.8. The molecule has 2 aliphatic heterocycles. The van der Waals surface area contributed by atoms with Crippen LogP contribution in [0, 0.1) is 0 Å². The highest BCUT2D eigenvalue weighted by Crippen LogP contribution is 2.35. The lowest BCUT2D eigenvalue weighted by atomic mass is 10.1. The fourth-order valence-electron chi connectivity index (χ4n) is 4.71. The summed E-state index contributed by atoms with van der Waals surface area (Å²) in [4.78, 5) is 23.8. The summed E-state index contributed by atoms with van der Waals surface area (Å²) >= 11 is 6.58. The summed E-state index contributed by atoms with van der Waals surface area (Å²) in [6.45, 7) is 6.32. The van der Waals surface area contributed by atoms with Gasteiger partial charge >= 0.3 is 0 Å². The Morgan fingerprint density at radius 3 is 2.86 bits per heavy atom. The molecule has 0 bridgehead atoms. The molecule has 0 saturated carbocycles. The fourth-order valence-corrected chi connectivity index (χ4v) is 4.97. The van der Waals surface area contributed by atoms with Gasteiger partial charge in [-0.15, -0.1) is 0 Å². The van der Waals surface area contributed by atoms with E-state index in [1.807, 2.05) is 28.8 Å². The number of halogens is 1. The third kappa shape index (κ3) is 4.82. The molecule has 10 nitrogen and oxygen atoms in total. The molecule has 1 amide bonds. The Morgan fingerprint density at radius 1 is 1.26 bits per heavy atom. The van der Waals surface area contributed by atoms with Gasteiger partial charge in [-0.25, -0.2) is 19.7 Å². The quantitative estimate of drug-likeness (QED) is 0.554. The zero-order chi connectivity index (χ0) is 24.4. The van der Waals surface area contributed by atoms with Crippen molar-refractivity contribution in [2.75, 3.05) is 45.1 Å². The lowest BCUT2D eigenvalue weighted by Crippen LogP contribution is -2.48. The lowest BCUT2D eigenvalue weighted by Gasteiger charge is -2.32. The number of benzene rings is 1. The zero-order valence-electron chi connectivity index (χ0n) is 19.7. The van der Waals surface area contributed by atoms with Crippen LogP contribution < -0.4 is 11.2 Å². The Balaban J connectivity index is 1.48. The van der Waals surface area contributed by atoms with Crippen molar-refractivity contribution in [1.29, 1.82) is 0 Å². The van der Waals surface area contributed by atoms with E-state index in [4.69, 9.17) is 27.2 Å². The van der Waals surface area contributed by atoms with Crippen LogP contribution in [-0.2, 0) is 4.74 Å². The van der Waals surface area contributed by atoms with E-state index in [2.05, 4.69) is 26.5 Å². The van der Waals surface area contributed by atoms with Crippen LogP contribution in [0.2, 0.25) is 5.02 Å². The number of fused-ring (bicyclic) bond motifs is 1. The molecule has 35 heavy (non-hydrogen) atoms. The molecule has 5 rings (SSSR count). The van der Waals surface area contributed by atoms with Gasteiger partial charge in [-0.2, -0.15) is 5.10 Å². The first-order chi connectivity index (χ1) is 17.0. The van der Waals surface area contributed by atoms with Crippen molar-refractivity contribution < 1.29 is 9.53 Å². The molecule has 2 saturated heterocycles. The molecular formula is C24H29ClN8O2. The van der Waals surface area contributed by atoms with Gasteiger partial charge < -0.3 is 15.4 Å². The largest absolute Gasteiger partial charge is 0.383 e. The number of nitrogen functional groups attached to an aromatic ring is 1. The summed E-state index contributed by atoms with van der Waals surface area (Å²) in [6, 6.07) is 5.46. The average molecular weight is 497 g/mol. The van der Waals surface area contributed by atoms with Crippen LogP contribution in [0.5, 0.6) is 0 Å². The predicted octanol–water partition coefficient (Wildman–Crippen LogP) is 2.88. The maximum Gasteiger partial charge on any atom is 0.267 e. The summed E-state index contributed by atoms with van der Waals surface area (Å²) in [6.07, 6.45) is 7.69. The highest BCUT2D eigenvalue weighted by atomic mass is 35.5. The molecular weight excluding hydrogens is 468 g/mol. The van der Waals surface area contributed by atoms with Crippen LogP contribution in [0.15, 0.2) is 36.8 Å². The van der Waals surface area contributed by atoms with Gasteiger partial charge in [0.15, 0.2) is 5.65 Å². The number of carbonyl (C=O) groups excluding carboxylic acids is 1. The monoisotopic (exact) mass is 496 g/mol. The second-order valence-corrected chi connectivity index (χ2v) is 9.17. The Kier molecular flexibility index (Phi) is 6.85. The Bertz CT molecular complexity index is 1250. The highest BCUT2D eigenvalue weighted by molar-refractivity contribution is 6.34. The molecule has 0 unspecified atom stereocenters. The first-order valence-corrected chi connectivity index (χ1v) is 12.2. The van der Waals surface area contributed by atoms with Crippen molar-refractivity contribution in [3.8, 4) is 11.3 Å². The number of morpholine rings is 1. The van der Waals surface area contributed by atoms with Crippen molar-refractivity contribution in [3.05, 3.63) is 47.4 Å². The number of piperidine rings is 1. The van der Waals surface area contributed by atoms with Crippen LogP contribution in [0.1, 0.15) is 36.2 Å². The number of amides is 1. The van der Waals surface area contributed by atoms with Crippen molar-refractivity contribution in [2.45, 2.75) is 25.8 Å². The van der Waals surface area contributed by atoms with Crippen molar-refractivity contribution in [3.63, 3.8) is 0 Å². The number of allylic oxidation sites excluding steroid dienone is 1. The van der Waals surface area contributed by atoms with Gasteiger partial charge in [0.2, 0.25) is 0 Å². The summed E-state index contributed by atoms with van der Waals surface area (Å²) in [5.74, 6) is 0.107. The molecule has 2 aliphatic rings. The van der Waals surface area contributed by atoms with E-state index in [0.29, 0.717) is 59.4 Å². The van der Waals surface area contributed by atoms with Crippen LogP contribution in [0.3, 0.4) is 0 Å². The van der Waals surface area contributed by atoms with E-state index in [1.54, 1.807) is 12.1 Å². The van der Waals surface area contributed by atoms with Crippen molar-refractivity contribution >= 4 is 34.4 Å². The molecule has 11 heteroatoms. The Morgan fingerprint density at radius 2 is 2.09 bits per heavy atom. The number of ether oxygens (including phenoxy) is 1. The summed E-state index contributed by atoms with van der Waals surface area (Å²) in [7, 11) is 0. The minimum Gasteiger partial charge on any atom is -0.383 e. The molecule has 1 aromatic carbocycles. The van der Waals surface area contributed by atoms with Gasteiger partial charge in [-0.05, 0) is 38.1 Å². The normalized spacial score (nSPS) is 19.5. The predicted molar refractivity (Wildman–Crippen MR) is 135 cm³/mol. The molecule has 4 heterocycles. The number of likely N-dealkylation sites (tertiary alicyclic amines) is 1. The Hall–Kier alpha value is -3.21. The number of nitrogens with two attached hydrogens (primary N) is 1. The van der Waals surface area contributed by atoms with E-state index in [-0.39, 0.29) is 11.9 Å². The first-order valence-electron chi connectivity index (χ1n) is 11.8. The minimum atomic E-state index is -0.257. The summed E-state index contributed by atoms with van der Waals surface area (Å²) in [5.41, 5.74) is 11.7. The minimum absolute atomic E-state index is 0.152. The Labute approximate surface area is 208 Å². The molecule has 184 valence electrons. The smallest absolute Gasteiger partial charge is 0.267 e. The standard InChI is InChI=1S/C24H29ClN8O2/c1-2-7-31-8-3-4-17(14-31)33-23-20(22(26)27-15-28-23)21(29-33)16-5-6-18(19(25)13-16)24(34)30-32-9-11-35-12-10-32/h2,5-7,13,15,17H,3-4,8-12,14H2,1H3,(H,30,34)(H2,26,27,28)/t17-/m1/s1. The lowest BCUT2D eigenvalue weighted by molar-refractivity contribution is 0.0126. The third-order valence-corrected chi connectivity index (χ3v) is 6.72. The fraction of sp³-hybridized carbons (Fsp3) is 0.417. The van der Waals surface area contributed by atoms with E-state index in [0.717, 1.165) is 31.5 Å². The first kappa shape index (κ1) is 23.5. The van der Waals surface area contributed by atoms with Gasteiger partial charge in [0.1, 0.15) is 17.8 Å². The van der Waals surface area contributed by atoms with Gasteiger partial charge in [0.25, 0.3) is 5.91 Å². The topological polar surface area (TPSA) is 114 Å². The molecule has 3 aromatic rings. The van der Waals surface area contributed by atoms with Crippen LogP contribution in [0.4, 0.5) is 5.82 Å². The van der Waals surface area contributed by atoms with E-state index < -0.39 is 0 Å². The average Bonchev–Trinajstić information content (AvgIpc) is 3.26. The summed E-state index contributed by atoms with van der Waals surface area (Å²) in [5, 5.41) is 7.82. The SMILES string of the molecule is CC=CN1CCC[C@@H](n2nc(-c3ccc(C(=O)NN4CCOCC4)c(Cl)c3)c3c(N)ncnc32)C1. The number of aromatic nitrogens is 4. The van der Waals surface area contributed by atoms with E-state index in [9.17, 15) is 4.79 Å². The number of hydrogen-bond acceptors (Lipinski definition) is 8. The third-order valence-electron chi connectivity index (χ3n) is 6.41. The molecule has 0 aliphatic carbocycles. The van der Waals surface area contributed by atoms with Gasteiger partial charge in [0, 0.05) is 31.7 Å². The number of hydrazine groups is 1. The highest BCUT2D eigenvalue weighted by Gasteiger charge is 2.26. The van der Waals surface area contributed by atoms with Crippen molar-refractivity contribution in [2.24, 2.45) is 0 Å². The number of carbonyl (C=O) groups is 1. The second-order valence-electron chi connectivity index (χ2n) is 8.76. The molecule has 0 radical (unpaired) electrons. The molecule has 3 N–H and O–H groups in total. The van der Waals surface area contributed by atoms with Crippen LogP contribution in [0.25, 0.3) is 22.3 Å². The molecule has 1 atom stereocenters. The maximum atomic E-state index is 12.8. The van der Waals surface area contributed by atoms with Crippen LogP contribution >= 0.6 is 11.6 Å². The number of nitrogens with one attached hydrogen (secondary N) is 1. The second kappa shape index (κ2) is 10.2. The van der Waals surface area contributed by atoms with Gasteiger partial charge in [0.05, 0.1) is 35.2 Å². The number of anilines is 1. The zero-order valence-corrected chi connectivity index (χ0v) is 20.4. The molecule has 2 aromatic heterocycles. The molecule has 0 spiro atoms. The van der Waals surface area contributed by atoms with Crippen molar-refractivity contribution in [1.82, 2.24) is 35.1 Å². The van der Waals surface area contributed by atoms with Gasteiger partial charge in [-0.3, -0.25) is 10.2 Å².